The van der Waals surface area contributed by atoms with Crippen LogP contribution in [0.1, 0.15) is 18.1 Å². The molecule has 3 aromatic rings. The summed E-state index contributed by atoms with van der Waals surface area (Å²) in [6.45, 7) is 2.19. The Labute approximate surface area is 209 Å². The summed E-state index contributed by atoms with van der Waals surface area (Å²) in [6, 6.07) is 16.4. The van der Waals surface area contributed by atoms with Crippen LogP contribution in [-0.2, 0) is 16.2 Å². The lowest BCUT2D eigenvalue weighted by Gasteiger charge is -2.16. The Hall–Kier alpha value is -3.36. The van der Waals surface area contributed by atoms with Crippen molar-refractivity contribution in [3.8, 4) is 11.5 Å². The van der Waals surface area contributed by atoms with E-state index >= 15 is 0 Å². The molecule has 0 radical (unpaired) electrons. The molecule has 0 aromatic heterocycles. The molecule has 1 N–H and O–H groups in total. The fourth-order valence-electron chi connectivity index (χ4n) is 3.36. The highest BCUT2D eigenvalue weighted by Gasteiger charge is 2.34. The van der Waals surface area contributed by atoms with Crippen molar-refractivity contribution in [2.24, 2.45) is 0 Å². The van der Waals surface area contributed by atoms with Crippen LogP contribution in [-0.4, -0.2) is 18.4 Å². The zero-order valence-electron chi connectivity index (χ0n) is 18.0. The highest BCUT2D eigenvalue weighted by molar-refractivity contribution is 9.10. The normalized spacial score (nSPS) is 14.5. The highest BCUT2D eigenvalue weighted by atomic mass is 79.9. The summed E-state index contributed by atoms with van der Waals surface area (Å²) < 4.78 is 25.5. The smallest absolute Gasteiger partial charge is 0.282 e. The molecule has 2 amide bonds. The van der Waals surface area contributed by atoms with Crippen LogP contribution in [0.4, 0.5) is 10.1 Å². The van der Waals surface area contributed by atoms with Crippen molar-refractivity contribution in [1.29, 1.82) is 0 Å². The van der Waals surface area contributed by atoms with Gasteiger partial charge in [-0.15, -0.1) is 0 Å². The summed E-state index contributed by atoms with van der Waals surface area (Å²) in [5.74, 6) is -0.825. The average molecular weight is 546 g/mol. The summed E-state index contributed by atoms with van der Waals surface area (Å²) in [6.07, 6.45) is 1.44. The number of anilines is 1. The number of rotatable bonds is 7. The van der Waals surface area contributed by atoms with Crippen molar-refractivity contribution < 1.29 is 23.5 Å². The lowest BCUT2D eigenvalue weighted by molar-refractivity contribution is -0.117. The molecule has 174 valence electrons. The first-order valence-electron chi connectivity index (χ1n) is 10.3. The van der Waals surface area contributed by atoms with Gasteiger partial charge in [0, 0.05) is 4.47 Å². The fourth-order valence-corrected chi connectivity index (χ4v) is 4.03. The van der Waals surface area contributed by atoms with Gasteiger partial charge in [0.15, 0.2) is 11.5 Å². The van der Waals surface area contributed by atoms with Gasteiger partial charge in [-0.25, -0.2) is 9.40 Å². The van der Waals surface area contributed by atoms with Crippen LogP contribution >= 0.6 is 27.5 Å². The van der Waals surface area contributed by atoms with Gasteiger partial charge in [0.05, 0.1) is 12.3 Å². The summed E-state index contributed by atoms with van der Waals surface area (Å²) in [4.78, 5) is 25.5. The van der Waals surface area contributed by atoms with Gasteiger partial charge >= 0.3 is 0 Å². The molecule has 9 heteroatoms. The number of halogens is 3. The molecular formula is C25H19BrClFN2O4. The molecule has 1 saturated heterocycles. The molecule has 3 aromatic carbocycles. The van der Waals surface area contributed by atoms with Gasteiger partial charge in [0.2, 0.25) is 0 Å². The van der Waals surface area contributed by atoms with Gasteiger partial charge in [-0.2, -0.15) is 0 Å². The maximum atomic E-state index is 13.5. The molecule has 1 fully saturated rings. The van der Waals surface area contributed by atoms with Crippen molar-refractivity contribution in [3.05, 3.63) is 92.7 Å². The molecule has 34 heavy (non-hydrogen) atoms. The first-order chi connectivity index (χ1) is 16.4. The van der Waals surface area contributed by atoms with E-state index in [1.807, 2.05) is 6.07 Å². The van der Waals surface area contributed by atoms with E-state index in [4.69, 9.17) is 21.1 Å². The first-order valence-corrected chi connectivity index (χ1v) is 11.5. The van der Waals surface area contributed by atoms with E-state index in [1.54, 1.807) is 49.4 Å². The molecule has 0 unspecified atom stereocenters. The lowest BCUT2D eigenvalue weighted by Crippen LogP contribution is -2.35. The second kappa shape index (κ2) is 10.3. The van der Waals surface area contributed by atoms with Gasteiger partial charge in [0.25, 0.3) is 11.8 Å². The number of para-hydroxylation sites is 1. The van der Waals surface area contributed by atoms with Crippen LogP contribution in [0, 0.1) is 5.82 Å². The first kappa shape index (κ1) is 23.8. The Bertz CT molecular complexity index is 1280. The predicted molar refractivity (Wildman–Crippen MR) is 131 cm³/mol. The third-order valence-electron chi connectivity index (χ3n) is 4.93. The molecule has 1 aliphatic heterocycles. The zero-order chi connectivity index (χ0) is 24.2. The minimum atomic E-state index is -0.540. The van der Waals surface area contributed by atoms with E-state index in [0.29, 0.717) is 33.6 Å². The van der Waals surface area contributed by atoms with Gasteiger partial charge in [-0.1, -0.05) is 41.9 Å². The number of hydrogen-bond donors (Lipinski definition) is 1. The quantitative estimate of drug-likeness (QED) is 0.306. The number of nitrogens with one attached hydrogen (secondary N) is 1. The van der Waals surface area contributed by atoms with E-state index in [-0.39, 0.29) is 28.8 Å². The molecule has 0 aliphatic carbocycles. The summed E-state index contributed by atoms with van der Waals surface area (Å²) in [5.41, 5.74) is 4.12. The van der Waals surface area contributed by atoms with Crippen molar-refractivity contribution in [3.63, 3.8) is 0 Å². The van der Waals surface area contributed by atoms with Crippen LogP contribution < -0.4 is 19.9 Å². The largest absolute Gasteiger partial charge is 0.490 e. The molecular weight excluding hydrogens is 527 g/mol. The number of carbonyl (C=O) groups excluding carboxylic acids is 2. The Morgan fingerprint density at radius 2 is 1.85 bits per heavy atom. The van der Waals surface area contributed by atoms with Crippen LogP contribution in [0.3, 0.4) is 0 Å². The Balaban J connectivity index is 1.67. The number of carbonyl (C=O) groups is 2. The third-order valence-corrected chi connectivity index (χ3v) is 6.38. The second-order valence-electron chi connectivity index (χ2n) is 7.25. The van der Waals surface area contributed by atoms with Crippen LogP contribution in [0.15, 0.2) is 70.7 Å². The molecule has 0 atom stereocenters. The van der Waals surface area contributed by atoms with E-state index < -0.39 is 11.8 Å². The number of hydrazine groups is 1. The van der Waals surface area contributed by atoms with Crippen LogP contribution in [0.25, 0.3) is 6.08 Å². The Morgan fingerprint density at radius 1 is 1.09 bits per heavy atom. The number of nitrogens with zero attached hydrogens (tertiary/aromatic N) is 1. The molecule has 6 nitrogen and oxygen atoms in total. The van der Waals surface area contributed by atoms with Crippen molar-refractivity contribution in [1.82, 2.24) is 5.43 Å². The summed E-state index contributed by atoms with van der Waals surface area (Å²) >= 11 is 10.0. The van der Waals surface area contributed by atoms with Crippen molar-refractivity contribution >= 4 is 51.1 Å². The second-order valence-corrected chi connectivity index (χ2v) is 8.42. The fraction of sp³-hybridized carbons (Fsp3) is 0.120. The van der Waals surface area contributed by atoms with Gasteiger partial charge in [-0.3, -0.25) is 15.0 Å². The van der Waals surface area contributed by atoms with E-state index in [2.05, 4.69) is 21.4 Å². The maximum Gasteiger partial charge on any atom is 0.282 e. The van der Waals surface area contributed by atoms with E-state index in [9.17, 15) is 14.0 Å². The molecule has 0 saturated carbocycles. The molecule has 4 rings (SSSR count). The van der Waals surface area contributed by atoms with Crippen LogP contribution in [0.2, 0.25) is 5.02 Å². The van der Waals surface area contributed by atoms with Gasteiger partial charge in [0.1, 0.15) is 23.0 Å². The minimum Gasteiger partial charge on any atom is -0.490 e. The number of amides is 2. The summed E-state index contributed by atoms with van der Waals surface area (Å²) in [7, 11) is 0. The maximum absolute atomic E-state index is 13.5. The molecule has 1 aliphatic rings. The Morgan fingerprint density at radius 3 is 2.56 bits per heavy atom. The zero-order valence-corrected chi connectivity index (χ0v) is 20.3. The highest BCUT2D eigenvalue weighted by Crippen LogP contribution is 2.44. The average Bonchev–Trinajstić information content (AvgIpc) is 3.11. The van der Waals surface area contributed by atoms with Gasteiger partial charge < -0.3 is 9.47 Å². The summed E-state index contributed by atoms with van der Waals surface area (Å²) in [5, 5.41) is 1.38. The standard InChI is InChI=1S/C25H19BrClFN2O4/c1-2-33-20-13-16(12-19-24(31)29-30(25(19)32)18-9-4-3-5-10-18)21(26)22(27)23(20)34-14-15-7-6-8-17(28)11-15/h3-13H,2,14H2,1H3,(H,29,31)/b19-12-. The van der Waals surface area contributed by atoms with Gasteiger partial charge in [-0.05, 0) is 70.4 Å². The molecule has 0 bridgehead atoms. The van der Waals surface area contributed by atoms with Crippen molar-refractivity contribution in [2.45, 2.75) is 13.5 Å². The molecule has 0 spiro atoms. The van der Waals surface area contributed by atoms with E-state index in [1.165, 1.54) is 23.2 Å². The predicted octanol–water partition coefficient (Wildman–Crippen LogP) is 5.68. The molecule has 1 heterocycles. The third kappa shape index (κ3) is 4.93. The van der Waals surface area contributed by atoms with Crippen LogP contribution in [0.5, 0.6) is 11.5 Å². The Kier molecular flexibility index (Phi) is 7.19. The van der Waals surface area contributed by atoms with Crippen molar-refractivity contribution in [2.75, 3.05) is 11.6 Å². The minimum absolute atomic E-state index is 0.0588. The van der Waals surface area contributed by atoms with E-state index in [0.717, 1.165) is 0 Å². The SMILES string of the molecule is CCOc1cc(/C=C2/C(=O)NN(c3ccccc3)C2=O)c(Br)c(Cl)c1OCc1cccc(F)c1. The topological polar surface area (TPSA) is 67.9 Å². The number of hydrogen-bond acceptors (Lipinski definition) is 4. The lowest BCUT2D eigenvalue weighted by atomic mass is 10.1. The number of benzene rings is 3. The number of ether oxygens (including phenoxy) is 2. The monoisotopic (exact) mass is 544 g/mol.